The summed E-state index contributed by atoms with van der Waals surface area (Å²) in [5.74, 6) is 1.51. The van der Waals surface area contributed by atoms with Crippen molar-refractivity contribution >= 4 is 22.9 Å². The number of halogens is 1. The highest BCUT2D eigenvalue weighted by Crippen LogP contribution is 2.35. The fraction of sp³-hybridized carbons (Fsp3) is 0.438. The van der Waals surface area contributed by atoms with Crippen LogP contribution in [0.3, 0.4) is 0 Å². The molecule has 1 aromatic heterocycles. The average Bonchev–Trinajstić information content (AvgIpc) is 2.77. The summed E-state index contributed by atoms with van der Waals surface area (Å²) >= 11 is 7.68. The van der Waals surface area contributed by atoms with Gasteiger partial charge in [-0.1, -0.05) is 44.5 Å². The lowest BCUT2D eigenvalue weighted by atomic mass is 10.0. The molecule has 108 valence electrons. The molecule has 1 aromatic carbocycles. The number of nitrogens with zero attached hydrogens (tertiary/aromatic N) is 1. The van der Waals surface area contributed by atoms with Gasteiger partial charge in [0.2, 0.25) is 0 Å². The SMILES string of the molecule is CCc1ccc(-c2nc(Cl)sc2CC(C)C)cc1OC. The minimum absolute atomic E-state index is 0.585. The van der Waals surface area contributed by atoms with E-state index >= 15 is 0 Å². The summed E-state index contributed by atoms with van der Waals surface area (Å²) in [6.45, 7) is 6.54. The number of ether oxygens (including phenoxy) is 1. The third-order valence-electron chi connectivity index (χ3n) is 3.21. The number of benzene rings is 1. The first-order valence-electron chi connectivity index (χ1n) is 6.87. The highest BCUT2D eigenvalue weighted by molar-refractivity contribution is 7.16. The van der Waals surface area contributed by atoms with Crippen LogP contribution in [0.15, 0.2) is 18.2 Å². The second-order valence-electron chi connectivity index (χ2n) is 5.22. The lowest BCUT2D eigenvalue weighted by Crippen LogP contribution is -1.95. The molecule has 0 spiro atoms. The summed E-state index contributed by atoms with van der Waals surface area (Å²) in [4.78, 5) is 5.74. The predicted molar refractivity (Wildman–Crippen MR) is 87.0 cm³/mol. The van der Waals surface area contributed by atoms with E-state index in [2.05, 4.69) is 44.0 Å². The number of thiazole rings is 1. The van der Waals surface area contributed by atoms with Crippen molar-refractivity contribution in [3.05, 3.63) is 33.1 Å². The van der Waals surface area contributed by atoms with Crippen LogP contribution in [0, 0.1) is 5.92 Å². The van der Waals surface area contributed by atoms with Gasteiger partial charge in [0.15, 0.2) is 4.47 Å². The normalized spacial score (nSPS) is 11.1. The van der Waals surface area contributed by atoms with Gasteiger partial charge in [-0.3, -0.25) is 0 Å². The van der Waals surface area contributed by atoms with Crippen molar-refractivity contribution in [3.8, 4) is 17.0 Å². The van der Waals surface area contributed by atoms with Crippen LogP contribution in [0.4, 0.5) is 0 Å². The van der Waals surface area contributed by atoms with Crippen molar-refractivity contribution in [1.29, 1.82) is 0 Å². The van der Waals surface area contributed by atoms with Gasteiger partial charge in [-0.25, -0.2) is 4.98 Å². The largest absolute Gasteiger partial charge is 0.496 e. The molecule has 0 aliphatic heterocycles. The molecule has 20 heavy (non-hydrogen) atoms. The highest BCUT2D eigenvalue weighted by Gasteiger charge is 2.15. The fourth-order valence-electron chi connectivity index (χ4n) is 2.24. The smallest absolute Gasteiger partial charge is 0.184 e. The molecule has 4 heteroatoms. The Kier molecular flexibility index (Phi) is 5.06. The molecule has 2 aromatic rings. The van der Waals surface area contributed by atoms with Gasteiger partial charge < -0.3 is 4.74 Å². The first kappa shape index (κ1) is 15.3. The summed E-state index contributed by atoms with van der Waals surface area (Å²) < 4.78 is 6.07. The van der Waals surface area contributed by atoms with E-state index in [-0.39, 0.29) is 0 Å². The van der Waals surface area contributed by atoms with Gasteiger partial charge in [0, 0.05) is 10.4 Å². The number of aryl methyl sites for hydroxylation is 1. The van der Waals surface area contributed by atoms with E-state index in [0.717, 1.165) is 29.8 Å². The zero-order valence-corrected chi connectivity index (χ0v) is 13.9. The maximum absolute atomic E-state index is 6.11. The van der Waals surface area contributed by atoms with Gasteiger partial charge in [-0.05, 0) is 30.4 Å². The maximum atomic E-state index is 6.11. The summed E-state index contributed by atoms with van der Waals surface area (Å²) in [5.41, 5.74) is 3.29. The average molecular weight is 310 g/mol. The zero-order chi connectivity index (χ0) is 14.7. The van der Waals surface area contributed by atoms with Crippen LogP contribution in [0.25, 0.3) is 11.3 Å². The Hall–Kier alpha value is -1.06. The van der Waals surface area contributed by atoms with Crippen molar-refractivity contribution < 1.29 is 4.74 Å². The Labute approximate surface area is 129 Å². The molecule has 0 bridgehead atoms. The Balaban J connectivity index is 2.45. The molecule has 0 atom stereocenters. The van der Waals surface area contributed by atoms with Gasteiger partial charge in [-0.2, -0.15) is 0 Å². The third-order valence-corrected chi connectivity index (χ3v) is 4.39. The molecule has 0 fully saturated rings. The van der Waals surface area contributed by atoms with E-state index in [0.29, 0.717) is 10.4 Å². The first-order chi connectivity index (χ1) is 9.55. The zero-order valence-electron chi connectivity index (χ0n) is 12.4. The van der Waals surface area contributed by atoms with Crippen molar-refractivity contribution in [1.82, 2.24) is 4.98 Å². The number of rotatable bonds is 5. The summed E-state index contributed by atoms with van der Waals surface area (Å²) in [5, 5.41) is 0. The van der Waals surface area contributed by atoms with Gasteiger partial charge >= 0.3 is 0 Å². The molecule has 0 unspecified atom stereocenters. The Morgan fingerprint density at radius 3 is 2.70 bits per heavy atom. The molecule has 0 aliphatic rings. The van der Waals surface area contributed by atoms with Crippen LogP contribution >= 0.6 is 22.9 Å². The van der Waals surface area contributed by atoms with Gasteiger partial charge in [0.05, 0.1) is 12.8 Å². The number of methoxy groups -OCH3 is 1. The number of hydrogen-bond acceptors (Lipinski definition) is 3. The Morgan fingerprint density at radius 2 is 2.10 bits per heavy atom. The molecule has 0 saturated heterocycles. The molecule has 1 heterocycles. The van der Waals surface area contributed by atoms with E-state index < -0.39 is 0 Å². The van der Waals surface area contributed by atoms with E-state index in [1.807, 2.05) is 0 Å². The fourth-order valence-corrected chi connectivity index (χ4v) is 3.62. The molecule has 0 aliphatic carbocycles. The standard InChI is InChI=1S/C16H20ClNOS/c1-5-11-6-7-12(9-13(11)19-4)15-14(8-10(2)3)20-16(17)18-15/h6-7,9-10H,5,8H2,1-4H3. The van der Waals surface area contributed by atoms with Crippen LogP contribution in [-0.4, -0.2) is 12.1 Å². The monoisotopic (exact) mass is 309 g/mol. The molecular formula is C16H20ClNOS. The predicted octanol–water partition coefficient (Wildman–Crippen LogP) is 5.23. The molecule has 2 rings (SSSR count). The van der Waals surface area contributed by atoms with Crippen LogP contribution in [0.2, 0.25) is 4.47 Å². The van der Waals surface area contributed by atoms with E-state index in [1.165, 1.54) is 10.4 Å². The van der Waals surface area contributed by atoms with E-state index in [1.54, 1.807) is 18.4 Å². The summed E-state index contributed by atoms with van der Waals surface area (Å²) in [6.07, 6.45) is 1.96. The maximum Gasteiger partial charge on any atom is 0.184 e. The minimum Gasteiger partial charge on any atom is -0.496 e. The van der Waals surface area contributed by atoms with Crippen molar-refractivity contribution in [2.24, 2.45) is 5.92 Å². The Morgan fingerprint density at radius 1 is 1.35 bits per heavy atom. The van der Waals surface area contributed by atoms with Gasteiger partial charge in [0.1, 0.15) is 5.75 Å². The van der Waals surface area contributed by atoms with Crippen molar-refractivity contribution in [2.45, 2.75) is 33.6 Å². The molecule has 2 nitrogen and oxygen atoms in total. The minimum atomic E-state index is 0.585. The van der Waals surface area contributed by atoms with E-state index in [9.17, 15) is 0 Å². The van der Waals surface area contributed by atoms with Crippen LogP contribution in [0.5, 0.6) is 5.75 Å². The molecule has 0 N–H and O–H groups in total. The molecule has 0 saturated carbocycles. The lowest BCUT2D eigenvalue weighted by Gasteiger charge is -2.10. The van der Waals surface area contributed by atoms with Crippen molar-refractivity contribution in [2.75, 3.05) is 7.11 Å². The topological polar surface area (TPSA) is 22.1 Å². The first-order valence-corrected chi connectivity index (χ1v) is 8.07. The number of hydrogen-bond donors (Lipinski definition) is 0. The number of aromatic nitrogens is 1. The van der Waals surface area contributed by atoms with Crippen LogP contribution < -0.4 is 4.74 Å². The molecular weight excluding hydrogens is 290 g/mol. The van der Waals surface area contributed by atoms with Gasteiger partial charge in [0.25, 0.3) is 0 Å². The second-order valence-corrected chi connectivity index (χ2v) is 6.88. The summed E-state index contributed by atoms with van der Waals surface area (Å²) in [6, 6.07) is 6.28. The lowest BCUT2D eigenvalue weighted by molar-refractivity contribution is 0.410. The van der Waals surface area contributed by atoms with E-state index in [4.69, 9.17) is 16.3 Å². The van der Waals surface area contributed by atoms with Crippen LogP contribution in [0.1, 0.15) is 31.2 Å². The third kappa shape index (κ3) is 3.33. The van der Waals surface area contributed by atoms with Crippen LogP contribution in [-0.2, 0) is 12.8 Å². The molecule has 0 radical (unpaired) electrons. The van der Waals surface area contributed by atoms with Gasteiger partial charge in [-0.15, -0.1) is 11.3 Å². The summed E-state index contributed by atoms with van der Waals surface area (Å²) in [7, 11) is 1.71. The Bertz CT molecular complexity index is 592. The highest BCUT2D eigenvalue weighted by atomic mass is 35.5. The quantitative estimate of drug-likeness (QED) is 0.754. The molecule has 0 amide bonds. The second kappa shape index (κ2) is 6.59. The van der Waals surface area contributed by atoms with Crippen molar-refractivity contribution in [3.63, 3.8) is 0 Å².